The molecule has 0 atom stereocenters. The van der Waals surface area contributed by atoms with Gasteiger partial charge in [0.15, 0.2) is 5.58 Å². The molecule has 2 aromatic rings. The lowest BCUT2D eigenvalue weighted by atomic mass is 10.1. The maximum atomic E-state index is 6.10. The summed E-state index contributed by atoms with van der Waals surface area (Å²) >= 11 is 6.10. The zero-order chi connectivity index (χ0) is 10.8. The highest BCUT2D eigenvalue weighted by Crippen LogP contribution is 2.29. The van der Waals surface area contributed by atoms with Gasteiger partial charge in [-0.25, -0.2) is 0 Å². The van der Waals surface area contributed by atoms with E-state index in [0.29, 0.717) is 5.02 Å². The Balaban J connectivity index is 2.49. The topological polar surface area (TPSA) is 25.2 Å². The Kier molecular flexibility index (Phi) is 2.98. The van der Waals surface area contributed by atoms with Gasteiger partial charge in [0.25, 0.3) is 0 Å². The van der Waals surface area contributed by atoms with Gasteiger partial charge in [0, 0.05) is 5.39 Å². The summed E-state index contributed by atoms with van der Waals surface area (Å²) in [5.41, 5.74) is 3.18. The molecule has 80 valence electrons. The van der Waals surface area contributed by atoms with Crippen LogP contribution in [-0.4, -0.2) is 13.6 Å². The number of furan rings is 1. The maximum Gasteiger partial charge on any atom is 0.152 e. The second-order valence-electron chi connectivity index (χ2n) is 3.74. The first-order valence-corrected chi connectivity index (χ1v) is 5.41. The molecule has 0 saturated heterocycles. The van der Waals surface area contributed by atoms with E-state index < -0.39 is 0 Å². The van der Waals surface area contributed by atoms with Gasteiger partial charge in [0.1, 0.15) is 0 Å². The summed E-state index contributed by atoms with van der Waals surface area (Å²) in [6, 6.07) is 4.05. The van der Waals surface area contributed by atoms with Crippen LogP contribution in [0.15, 0.2) is 22.8 Å². The van der Waals surface area contributed by atoms with E-state index in [-0.39, 0.29) is 0 Å². The molecule has 2 rings (SSSR count). The lowest BCUT2D eigenvalue weighted by molar-refractivity contribution is 0.609. The van der Waals surface area contributed by atoms with Gasteiger partial charge in [-0.2, -0.15) is 0 Å². The Hall–Kier alpha value is -0.990. The van der Waals surface area contributed by atoms with Gasteiger partial charge in [-0.05, 0) is 50.2 Å². The standard InChI is InChI=1S/C12H14ClNO/c1-8-5-10-9(3-4-14-2)7-15-12(10)11(13)6-8/h5-7,14H,3-4H2,1-2H3. The Labute approximate surface area is 94.2 Å². The lowest BCUT2D eigenvalue weighted by Crippen LogP contribution is -2.09. The van der Waals surface area contributed by atoms with E-state index >= 15 is 0 Å². The summed E-state index contributed by atoms with van der Waals surface area (Å²) in [6.45, 7) is 2.99. The summed E-state index contributed by atoms with van der Waals surface area (Å²) in [5, 5.41) is 4.95. The van der Waals surface area contributed by atoms with Crippen LogP contribution in [0.1, 0.15) is 11.1 Å². The fourth-order valence-corrected chi connectivity index (χ4v) is 2.05. The van der Waals surface area contributed by atoms with Crippen LogP contribution in [0.25, 0.3) is 11.0 Å². The summed E-state index contributed by atoms with van der Waals surface area (Å²) in [6.07, 6.45) is 2.76. The van der Waals surface area contributed by atoms with E-state index in [1.165, 1.54) is 11.1 Å². The highest BCUT2D eigenvalue weighted by molar-refractivity contribution is 6.35. The Morgan fingerprint density at radius 2 is 2.20 bits per heavy atom. The SMILES string of the molecule is CNCCc1coc2c(Cl)cc(C)cc12. The molecule has 0 radical (unpaired) electrons. The number of fused-ring (bicyclic) bond motifs is 1. The van der Waals surface area contributed by atoms with Crippen LogP contribution in [0.4, 0.5) is 0 Å². The third kappa shape index (κ3) is 2.01. The van der Waals surface area contributed by atoms with Gasteiger partial charge >= 0.3 is 0 Å². The van der Waals surface area contributed by atoms with Crippen molar-refractivity contribution in [1.82, 2.24) is 5.32 Å². The molecule has 0 aliphatic carbocycles. The summed E-state index contributed by atoms with van der Waals surface area (Å²) in [4.78, 5) is 0. The molecule has 2 nitrogen and oxygen atoms in total. The van der Waals surface area contributed by atoms with Crippen molar-refractivity contribution in [3.8, 4) is 0 Å². The van der Waals surface area contributed by atoms with Crippen molar-refractivity contribution in [2.24, 2.45) is 0 Å². The normalized spacial score (nSPS) is 11.1. The molecule has 3 heteroatoms. The van der Waals surface area contributed by atoms with E-state index in [9.17, 15) is 0 Å². The van der Waals surface area contributed by atoms with Crippen LogP contribution in [0.2, 0.25) is 5.02 Å². The largest absolute Gasteiger partial charge is 0.462 e. The number of nitrogens with one attached hydrogen (secondary N) is 1. The number of benzene rings is 1. The van der Waals surface area contributed by atoms with E-state index in [1.807, 2.05) is 20.0 Å². The van der Waals surface area contributed by atoms with E-state index in [4.69, 9.17) is 16.0 Å². The number of halogens is 1. The number of likely N-dealkylation sites (N-methyl/N-ethyl adjacent to an activating group) is 1. The monoisotopic (exact) mass is 223 g/mol. The molecule has 0 aliphatic rings. The smallest absolute Gasteiger partial charge is 0.152 e. The minimum Gasteiger partial charge on any atom is -0.462 e. The van der Waals surface area contributed by atoms with Crippen LogP contribution in [0, 0.1) is 6.92 Å². The van der Waals surface area contributed by atoms with Crippen LogP contribution in [-0.2, 0) is 6.42 Å². The van der Waals surface area contributed by atoms with Crippen LogP contribution < -0.4 is 5.32 Å². The van der Waals surface area contributed by atoms with Crippen LogP contribution in [0.5, 0.6) is 0 Å². The molecule has 0 aliphatic heterocycles. The summed E-state index contributed by atoms with van der Waals surface area (Å²) < 4.78 is 5.47. The van der Waals surface area contributed by atoms with Gasteiger partial charge < -0.3 is 9.73 Å². The van der Waals surface area contributed by atoms with Crippen LogP contribution >= 0.6 is 11.6 Å². The number of aryl methyl sites for hydroxylation is 1. The van der Waals surface area contributed by atoms with Gasteiger partial charge in [-0.1, -0.05) is 11.6 Å². The van der Waals surface area contributed by atoms with Crippen molar-refractivity contribution < 1.29 is 4.42 Å². The molecule has 1 N–H and O–H groups in total. The van der Waals surface area contributed by atoms with Gasteiger partial charge in [-0.15, -0.1) is 0 Å². The first-order valence-electron chi connectivity index (χ1n) is 5.03. The maximum absolute atomic E-state index is 6.10. The van der Waals surface area contributed by atoms with Crippen molar-refractivity contribution in [3.63, 3.8) is 0 Å². The fourth-order valence-electron chi connectivity index (χ4n) is 1.73. The molecule has 0 amide bonds. The second kappa shape index (κ2) is 4.25. The average molecular weight is 224 g/mol. The van der Waals surface area contributed by atoms with Crippen molar-refractivity contribution in [2.45, 2.75) is 13.3 Å². The van der Waals surface area contributed by atoms with Gasteiger partial charge in [0.2, 0.25) is 0 Å². The second-order valence-corrected chi connectivity index (χ2v) is 4.15. The Morgan fingerprint density at radius 3 is 2.93 bits per heavy atom. The van der Waals surface area contributed by atoms with Crippen molar-refractivity contribution in [2.75, 3.05) is 13.6 Å². The summed E-state index contributed by atoms with van der Waals surface area (Å²) in [5.74, 6) is 0. The fraction of sp³-hybridized carbons (Fsp3) is 0.333. The average Bonchev–Trinajstić information content (AvgIpc) is 2.58. The molecule has 0 spiro atoms. The predicted octanol–water partition coefficient (Wildman–Crippen LogP) is 3.16. The van der Waals surface area contributed by atoms with Crippen molar-refractivity contribution in [1.29, 1.82) is 0 Å². The quantitative estimate of drug-likeness (QED) is 0.865. The van der Waals surface area contributed by atoms with E-state index in [0.717, 1.165) is 23.9 Å². The zero-order valence-corrected chi connectivity index (χ0v) is 9.69. The van der Waals surface area contributed by atoms with Gasteiger partial charge in [-0.3, -0.25) is 0 Å². The summed E-state index contributed by atoms with van der Waals surface area (Å²) in [7, 11) is 1.94. The molecular weight excluding hydrogens is 210 g/mol. The third-order valence-electron chi connectivity index (χ3n) is 2.50. The first-order chi connectivity index (χ1) is 7.22. The number of hydrogen-bond donors (Lipinski definition) is 1. The predicted molar refractivity (Wildman–Crippen MR) is 63.6 cm³/mol. The number of rotatable bonds is 3. The highest BCUT2D eigenvalue weighted by atomic mass is 35.5. The first kappa shape index (κ1) is 10.5. The van der Waals surface area contributed by atoms with Crippen molar-refractivity contribution >= 4 is 22.6 Å². The molecule has 0 fully saturated rings. The Morgan fingerprint density at radius 1 is 1.40 bits per heavy atom. The molecule has 15 heavy (non-hydrogen) atoms. The van der Waals surface area contributed by atoms with Crippen molar-refractivity contribution in [3.05, 3.63) is 34.5 Å². The van der Waals surface area contributed by atoms with E-state index in [2.05, 4.69) is 11.4 Å². The third-order valence-corrected chi connectivity index (χ3v) is 2.78. The van der Waals surface area contributed by atoms with E-state index in [1.54, 1.807) is 6.26 Å². The molecular formula is C12H14ClNO. The molecule has 0 unspecified atom stereocenters. The molecule has 1 aromatic heterocycles. The zero-order valence-electron chi connectivity index (χ0n) is 8.93. The molecule has 0 bridgehead atoms. The minimum atomic E-state index is 0.695. The lowest BCUT2D eigenvalue weighted by Gasteiger charge is -1.99. The Bertz CT molecular complexity index is 476. The highest BCUT2D eigenvalue weighted by Gasteiger charge is 2.09. The minimum absolute atomic E-state index is 0.695. The van der Waals surface area contributed by atoms with Gasteiger partial charge in [0.05, 0.1) is 11.3 Å². The molecule has 1 heterocycles. The van der Waals surface area contributed by atoms with Crippen LogP contribution in [0.3, 0.4) is 0 Å². The molecule has 0 saturated carbocycles. The number of hydrogen-bond acceptors (Lipinski definition) is 2. The molecule has 1 aromatic carbocycles.